The molecule has 0 spiro atoms. The summed E-state index contributed by atoms with van der Waals surface area (Å²) in [5.74, 6) is -1.44. The van der Waals surface area contributed by atoms with Crippen molar-refractivity contribution in [2.24, 2.45) is 0 Å². The summed E-state index contributed by atoms with van der Waals surface area (Å²) in [5.41, 5.74) is 0.405. The minimum absolute atomic E-state index is 0.0186. The second kappa shape index (κ2) is 7.29. The number of carbonyl (C=O) groups excluding carboxylic acids is 1. The van der Waals surface area contributed by atoms with Gasteiger partial charge in [0.2, 0.25) is 11.7 Å². The van der Waals surface area contributed by atoms with Gasteiger partial charge in [-0.2, -0.15) is 4.98 Å². The Bertz CT molecular complexity index is 1250. The summed E-state index contributed by atoms with van der Waals surface area (Å²) in [7, 11) is 0. The topological polar surface area (TPSA) is 72.1 Å². The Morgan fingerprint density at radius 3 is 2.87 bits per heavy atom. The Kier molecular flexibility index (Phi) is 4.46. The Balaban J connectivity index is 1.47. The van der Waals surface area contributed by atoms with E-state index in [9.17, 15) is 13.6 Å². The van der Waals surface area contributed by atoms with Crippen molar-refractivity contribution >= 4 is 16.7 Å². The lowest BCUT2D eigenvalue weighted by atomic mass is 10.1. The Morgan fingerprint density at radius 1 is 1.13 bits per heavy atom. The van der Waals surface area contributed by atoms with Crippen molar-refractivity contribution in [2.75, 3.05) is 6.54 Å². The molecule has 150 valence electrons. The van der Waals surface area contributed by atoms with Crippen LogP contribution in [0.5, 0.6) is 0 Å². The smallest absolute Gasteiger partial charge is 0.273 e. The van der Waals surface area contributed by atoms with E-state index >= 15 is 0 Å². The summed E-state index contributed by atoms with van der Waals surface area (Å²) >= 11 is 0. The van der Waals surface area contributed by atoms with Crippen LogP contribution in [0.2, 0.25) is 0 Å². The van der Waals surface area contributed by atoms with E-state index in [1.165, 1.54) is 6.07 Å². The van der Waals surface area contributed by atoms with Crippen molar-refractivity contribution in [3.8, 4) is 11.4 Å². The van der Waals surface area contributed by atoms with Crippen LogP contribution in [0.3, 0.4) is 0 Å². The molecule has 30 heavy (non-hydrogen) atoms. The van der Waals surface area contributed by atoms with E-state index in [0.717, 1.165) is 29.3 Å². The second-order valence-electron chi connectivity index (χ2n) is 7.12. The molecule has 1 amide bonds. The molecule has 1 atom stereocenters. The molecule has 1 saturated heterocycles. The van der Waals surface area contributed by atoms with Crippen molar-refractivity contribution in [3.05, 3.63) is 77.9 Å². The first-order chi connectivity index (χ1) is 14.6. The highest BCUT2D eigenvalue weighted by molar-refractivity contribution is 6.05. The highest BCUT2D eigenvalue weighted by atomic mass is 19.1. The van der Waals surface area contributed by atoms with Gasteiger partial charge in [0.05, 0.1) is 5.56 Å². The van der Waals surface area contributed by atoms with Gasteiger partial charge in [-0.05, 0) is 36.4 Å². The molecule has 0 saturated carbocycles. The third-order valence-corrected chi connectivity index (χ3v) is 5.29. The second-order valence-corrected chi connectivity index (χ2v) is 7.12. The number of likely N-dealkylation sites (tertiary alicyclic amines) is 1. The molecule has 8 heteroatoms. The summed E-state index contributed by atoms with van der Waals surface area (Å²) in [4.78, 5) is 23.5. The van der Waals surface area contributed by atoms with Crippen molar-refractivity contribution in [1.82, 2.24) is 20.0 Å². The van der Waals surface area contributed by atoms with Gasteiger partial charge in [0.1, 0.15) is 23.4 Å². The number of aromatic nitrogens is 3. The van der Waals surface area contributed by atoms with Gasteiger partial charge in [-0.25, -0.2) is 8.78 Å². The van der Waals surface area contributed by atoms with Crippen LogP contribution >= 0.6 is 0 Å². The van der Waals surface area contributed by atoms with E-state index < -0.39 is 17.7 Å². The average Bonchev–Trinajstić information content (AvgIpc) is 3.42. The average molecular weight is 406 g/mol. The van der Waals surface area contributed by atoms with Gasteiger partial charge in [-0.1, -0.05) is 29.4 Å². The van der Waals surface area contributed by atoms with Crippen LogP contribution < -0.4 is 0 Å². The Labute approximate surface area is 170 Å². The molecule has 0 bridgehead atoms. The van der Waals surface area contributed by atoms with Gasteiger partial charge in [0.25, 0.3) is 5.91 Å². The number of rotatable bonds is 3. The molecular formula is C22H16F2N4O2. The molecule has 3 heterocycles. The first-order valence-corrected chi connectivity index (χ1v) is 9.55. The van der Waals surface area contributed by atoms with Gasteiger partial charge in [0, 0.05) is 24.2 Å². The van der Waals surface area contributed by atoms with Gasteiger partial charge in [-0.3, -0.25) is 9.78 Å². The normalized spacial score (nSPS) is 16.3. The van der Waals surface area contributed by atoms with Gasteiger partial charge >= 0.3 is 0 Å². The third-order valence-electron chi connectivity index (χ3n) is 5.29. The predicted molar refractivity (Wildman–Crippen MR) is 104 cm³/mol. The van der Waals surface area contributed by atoms with Gasteiger partial charge in [-0.15, -0.1) is 0 Å². The van der Waals surface area contributed by atoms with Crippen molar-refractivity contribution in [3.63, 3.8) is 0 Å². The van der Waals surface area contributed by atoms with Crippen LogP contribution in [0.15, 0.2) is 59.3 Å². The molecule has 2 aromatic carbocycles. The lowest BCUT2D eigenvalue weighted by molar-refractivity contribution is 0.0706. The highest BCUT2D eigenvalue weighted by Gasteiger charge is 2.35. The molecule has 0 radical (unpaired) electrons. The molecule has 4 aromatic rings. The number of benzene rings is 2. The zero-order valence-electron chi connectivity index (χ0n) is 15.8. The fourth-order valence-corrected chi connectivity index (χ4v) is 3.84. The highest BCUT2D eigenvalue weighted by Crippen LogP contribution is 2.34. The van der Waals surface area contributed by atoms with Gasteiger partial charge in [0.15, 0.2) is 0 Å². The lowest BCUT2D eigenvalue weighted by Crippen LogP contribution is -2.31. The summed E-state index contributed by atoms with van der Waals surface area (Å²) in [5, 5.41) is 5.54. The van der Waals surface area contributed by atoms with E-state index in [2.05, 4.69) is 15.1 Å². The molecule has 5 rings (SSSR count). The molecule has 0 N–H and O–H groups in total. The molecule has 2 aromatic heterocycles. The minimum atomic E-state index is -0.776. The lowest BCUT2D eigenvalue weighted by Gasteiger charge is -2.22. The molecule has 0 aliphatic carbocycles. The Hall–Kier alpha value is -3.68. The number of carbonyl (C=O) groups is 1. The monoisotopic (exact) mass is 406 g/mol. The molecule has 1 aliphatic rings. The maximum absolute atomic E-state index is 14.1. The third kappa shape index (κ3) is 3.10. The summed E-state index contributed by atoms with van der Waals surface area (Å²) in [6.07, 6.45) is 3.02. The number of nitrogens with zero attached hydrogens (tertiary/aromatic N) is 4. The zero-order chi connectivity index (χ0) is 20.7. The summed E-state index contributed by atoms with van der Waals surface area (Å²) in [6.45, 7) is 0.525. The van der Waals surface area contributed by atoms with E-state index in [1.54, 1.807) is 11.1 Å². The van der Waals surface area contributed by atoms with E-state index in [1.807, 2.05) is 30.3 Å². The van der Waals surface area contributed by atoms with Crippen molar-refractivity contribution < 1.29 is 18.1 Å². The molecule has 1 aliphatic heterocycles. The SMILES string of the molecule is O=C(c1nccc2ccccc12)N1CCC[C@H]1c1nc(-c2ccc(F)cc2F)no1. The number of hydrogen-bond acceptors (Lipinski definition) is 5. The number of amides is 1. The van der Waals surface area contributed by atoms with Gasteiger partial charge < -0.3 is 9.42 Å². The number of fused-ring (bicyclic) bond motifs is 1. The molecule has 1 fully saturated rings. The van der Waals surface area contributed by atoms with E-state index in [4.69, 9.17) is 4.52 Å². The Morgan fingerprint density at radius 2 is 2.00 bits per heavy atom. The number of pyridine rings is 1. The first-order valence-electron chi connectivity index (χ1n) is 9.55. The van der Waals surface area contributed by atoms with Crippen molar-refractivity contribution in [2.45, 2.75) is 18.9 Å². The quantitative estimate of drug-likeness (QED) is 0.500. The zero-order valence-corrected chi connectivity index (χ0v) is 15.8. The summed E-state index contributed by atoms with van der Waals surface area (Å²) in [6, 6.07) is 12.1. The van der Waals surface area contributed by atoms with Crippen molar-refractivity contribution in [1.29, 1.82) is 0 Å². The maximum atomic E-state index is 14.1. The summed E-state index contributed by atoms with van der Waals surface area (Å²) < 4.78 is 32.6. The predicted octanol–water partition coefficient (Wildman–Crippen LogP) is 4.54. The number of halogens is 2. The molecular weight excluding hydrogens is 390 g/mol. The van der Waals surface area contributed by atoms with Crippen LogP contribution in [-0.4, -0.2) is 32.5 Å². The van der Waals surface area contributed by atoms with Crippen LogP contribution in [0.25, 0.3) is 22.2 Å². The standard InChI is InChI=1S/C22H16F2N4O2/c23-14-7-8-16(17(24)12-14)20-26-21(30-27-20)18-6-3-11-28(18)22(29)19-15-5-2-1-4-13(15)9-10-25-19/h1-2,4-5,7-10,12,18H,3,6,11H2/t18-/m0/s1. The van der Waals surface area contributed by atoms with Crippen LogP contribution in [0, 0.1) is 11.6 Å². The first kappa shape index (κ1) is 18.4. The molecule has 0 unspecified atom stereocenters. The number of hydrogen-bond donors (Lipinski definition) is 0. The molecule has 6 nitrogen and oxygen atoms in total. The van der Waals surface area contributed by atoms with Crippen LogP contribution in [0.1, 0.15) is 35.3 Å². The van der Waals surface area contributed by atoms with E-state index in [0.29, 0.717) is 18.7 Å². The fourth-order valence-electron chi connectivity index (χ4n) is 3.84. The van der Waals surface area contributed by atoms with Crippen LogP contribution in [0.4, 0.5) is 8.78 Å². The fraction of sp³-hybridized carbons (Fsp3) is 0.182. The van der Waals surface area contributed by atoms with Crippen LogP contribution in [-0.2, 0) is 0 Å². The van der Waals surface area contributed by atoms with E-state index in [-0.39, 0.29) is 23.2 Å². The largest absolute Gasteiger partial charge is 0.337 e. The minimum Gasteiger partial charge on any atom is -0.337 e. The maximum Gasteiger partial charge on any atom is 0.273 e.